The lowest BCUT2D eigenvalue weighted by molar-refractivity contribution is 1.29. The van der Waals surface area contributed by atoms with Crippen LogP contribution in [0.1, 0.15) is 0 Å². The normalized spacial score (nSPS) is 11.7. The average molecular weight is 965 g/mol. The highest BCUT2D eigenvalue weighted by atomic mass is 15.1. The van der Waals surface area contributed by atoms with Crippen molar-refractivity contribution >= 4 is 120 Å². The monoisotopic (exact) mass is 964 g/mol. The molecule has 0 aromatic heterocycles. The van der Waals surface area contributed by atoms with Gasteiger partial charge in [0.25, 0.3) is 0 Å². The summed E-state index contributed by atoms with van der Waals surface area (Å²) in [6.45, 7) is 0. The zero-order valence-corrected chi connectivity index (χ0v) is 41.6. The standard InChI is InChI=1S/C74H48N2/c1-3-25-55(26-4-1)75(57-37-35-49-19-7-9-21-51(49)43-57)59-39-41-67-71(47-59)73(69-45-53-23-11-13-29-61(53)63-31-15-17-33-65(63)69)68-42-40-60(76(56-27-5-2-6-28-56)58-38-36-50-20-8-10-22-52(50)44-58)48-72(68)74(67)70-46-54-24-12-14-30-62(54)64-32-16-18-34-66(64)70/h1-48H. The summed E-state index contributed by atoms with van der Waals surface area (Å²) < 4.78 is 0. The molecule has 15 aromatic rings. The molecular weight excluding hydrogens is 917 g/mol. The van der Waals surface area contributed by atoms with Gasteiger partial charge in [-0.15, -0.1) is 0 Å². The Morgan fingerprint density at radius 3 is 0.895 bits per heavy atom. The molecule has 2 nitrogen and oxygen atoms in total. The van der Waals surface area contributed by atoms with E-state index in [2.05, 4.69) is 301 Å². The lowest BCUT2D eigenvalue weighted by atomic mass is 9.82. The van der Waals surface area contributed by atoms with Crippen LogP contribution in [-0.4, -0.2) is 0 Å². The molecular formula is C74H48N2. The van der Waals surface area contributed by atoms with Crippen molar-refractivity contribution < 1.29 is 0 Å². The Bertz CT molecular complexity index is 4470. The predicted molar refractivity (Wildman–Crippen MR) is 327 cm³/mol. The van der Waals surface area contributed by atoms with Crippen molar-refractivity contribution in [3.8, 4) is 22.3 Å². The average Bonchev–Trinajstić information content (AvgIpc) is 3.50. The van der Waals surface area contributed by atoms with Gasteiger partial charge in [0.2, 0.25) is 0 Å². The quantitative estimate of drug-likeness (QED) is 0.111. The van der Waals surface area contributed by atoms with Gasteiger partial charge in [0.1, 0.15) is 0 Å². The highest BCUT2D eigenvalue weighted by Crippen LogP contribution is 2.52. The molecule has 0 spiro atoms. The third-order valence-corrected chi connectivity index (χ3v) is 15.7. The number of para-hydroxylation sites is 2. The minimum absolute atomic E-state index is 1.08. The summed E-state index contributed by atoms with van der Waals surface area (Å²) in [6, 6.07) is 108. The molecule has 0 heterocycles. The van der Waals surface area contributed by atoms with Crippen LogP contribution in [0.2, 0.25) is 0 Å². The Kier molecular flexibility index (Phi) is 10.2. The maximum atomic E-state index is 2.47. The van der Waals surface area contributed by atoms with Crippen LogP contribution >= 0.6 is 0 Å². The molecule has 0 aliphatic rings. The van der Waals surface area contributed by atoms with Gasteiger partial charge in [0.15, 0.2) is 0 Å². The van der Waals surface area contributed by atoms with Crippen molar-refractivity contribution in [3.63, 3.8) is 0 Å². The van der Waals surface area contributed by atoms with Crippen LogP contribution in [0.4, 0.5) is 34.1 Å². The topological polar surface area (TPSA) is 6.48 Å². The lowest BCUT2D eigenvalue weighted by Gasteiger charge is -2.29. The molecule has 0 unspecified atom stereocenters. The highest BCUT2D eigenvalue weighted by Gasteiger charge is 2.25. The molecule has 2 heteroatoms. The molecule has 0 amide bonds. The molecule has 0 aliphatic heterocycles. The van der Waals surface area contributed by atoms with Gasteiger partial charge in [-0.25, -0.2) is 0 Å². The van der Waals surface area contributed by atoms with Crippen molar-refractivity contribution in [2.45, 2.75) is 0 Å². The van der Waals surface area contributed by atoms with E-state index in [9.17, 15) is 0 Å². The molecule has 0 bridgehead atoms. The van der Waals surface area contributed by atoms with Crippen LogP contribution in [-0.2, 0) is 0 Å². The lowest BCUT2D eigenvalue weighted by Crippen LogP contribution is -2.10. The predicted octanol–water partition coefficient (Wildman–Crippen LogP) is 21.2. The summed E-state index contributed by atoms with van der Waals surface area (Å²) in [5.41, 5.74) is 11.4. The number of benzene rings is 15. The molecule has 76 heavy (non-hydrogen) atoms. The second-order valence-electron chi connectivity index (χ2n) is 20.0. The Hall–Kier alpha value is -10.0. The summed E-state index contributed by atoms with van der Waals surface area (Å²) >= 11 is 0. The van der Waals surface area contributed by atoms with E-state index < -0.39 is 0 Å². The van der Waals surface area contributed by atoms with E-state index in [1.54, 1.807) is 0 Å². The molecule has 0 radical (unpaired) electrons. The van der Waals surface area contributed by atoms with Gasteiger partial charge in [-0.05, 0) is 193 Å². The zero-order valence-electron chi connectivity index (χ0n) is 41.6. The van der Waals surface area contributed by atoms with Crippen LogP contribution in [0.3, 0.4) is 0 Å². The summed E-state index contributed by atoms with van der Waals surface area (Å²) in [5, 5.41) is 19.4. The molecule has 0 fully saturated rings. The fourth-order valence-electron chi connectivity index (χ4n) is 12.3. The van der Waals surface area contributed by atoms with Crippen molar-refractivity contribution in [1.82, 2.24) is 0 Å². The first-order chi connectivity index (χ1) is 37.7. The second kappa shape index (κ2) is 17.9. The fraction of sp³-hybridized carbons (Fsp3) is 0. The summed E-state index contributed by atoms with van der Waals surface area (Å²) in [4.78, 5) is 4.85. The molecule has 15 rings (SSSR count). The van der Waals surface area contributed by atoms with Crippen LogP contribution < -0.4 is 9.80 Å². The van der Waals surface area contributed by atoms with E-state index in [1.807, 2.05) is 0 Å². The Morgan fingerprint density at radius 1 is 0.158 bits per heavy atom. The smallest absolute Gasteiger partial charge is 0.0468 e. The largest absolute Gasteiger partial charge is 0.310 e. The molecule has 15 aromatic carbocycles. The highest BCUT2D eigenvalue weighted by molar-refractivity contribution is 6.29. The SMILES string of the molecule is c1ccc(N(c2ccc3ccccc3c2)c2ccc3c(-c4cc5ccccc5c5ccccc45)c4cc(N(c5ccccc5)c5ccc6ccccc6c5)ccc4c(-c4cc5ccccc5c5ccccc45)c3c2)cc1. The van der Waals surface area contributed by atoms with Crippen LogP contribution in [0, 0.1) is 0 Å². The third kappa shape index (κ3) is 7.18. The van der Waals surface area contributed by atoms with E-state index in [0.717, 1.165) is 34.1 Å². The van der Waals surface area contributed by atoms with Crippen LogP contribution in [0.25, 0.3) is 108 Å². The van der Waals surface area contributed by atoms with Crippen molar-refractivity contribution in [1.29, 1.82) is 0 Å². The fourth-order valence-corrected chi connectivity index (χ4v) is 12.3. The Labute approximate surface area is 441 Å². The van der Waals surface area contributed by atoms with Crippen molar-refractivity contribution in [3.05, 3.63) is 291 Å². The van der Waals surface area contributed by atoms with Gasteiger partial charge in [0.05, 0.1) is 0 Å². The van der Waals surface area contributed by atoms with Gasteiger partial charge in [-0.3, -0.25) is 0 Å². The van der Waals surface area contributed by atoms with E-state index in [4.69, 9.17) is 0 Å². The van der Waals surface area contributed by atoms with Gasteiger partial charge in [-0.1, -0.05) is 206 Å². The molecule has 0 saturated carbocycles. The molecule has 0 atom stereocenters. The summed E-state index contributed by atoms with van der Waals surface area (Å²) in [5.74, 6) is 0. The Morgan fingerprint density at radius 2 is 0.474 bits per heavy atom. The van der Waals surface area contributed by atoms with Crippen molar-refractivity contribution in [2.75, 3.05) is 9.80 Å². The number of anilines is 6. The minimum atomic E-state index is 1.08. The van der Waals surface area contributed by atoms with Gasteiger partial charge >= 0.3 is 0 Å². The van der Waals surface area contributed by atoms with E-state index in [-0.39, 0.29) is 0 Å². The number of hydrogen-bond acceptors (Lipinski definition) is 2. The summed E-state index contributed by atoms with van der Waals surface area (Å²) in [6.07, 6.45) is 0. The molecule has 0 N–H and O–H groups in total. The maximum Gasteiger partial charge on any atom is 0.0468 e. The van der Waals surface area contributed by atoms with E-state index in [0.29, 0.717) is 0 Å². The van der Waals surface area contributed by atoms with Crippen molar-refractivity contribution in [2.24, 2.45) is 0 Å². The number of fused-ring (bicyclic) bond motifs is 10. The Balaban J connectivity index is 1.11. The molecule has 0 aliphatic carbocycles. The third-order valence-electron chi connectivity index (χ3n) is 15.7. The zero-order chi connectivity index (χ0) is 50.1. The summed E-state index contributed by atoms with van der Waals surface area (Å²) in [7, 11) is 0. The minimum Gasteiger partial charge on any atom is -0.310 e. The number of rotatable bonds is 8. The number of nitrogens with zero attached hydrogens (tertiary/aromatic N) is 2. The first-order valence-corrected chi connectivity index (χ1v) is 26.2. The van der Waals surface area contributed by atoms with E-state index >= 15 is 0 Å². The van der Waals surface area contributed by atoms with Crippen LogP contribution in [0.5, 0.6) is 0 Å². The van der Waals surface area contributed by atoms with Gasteiger partial charge in [-0.2, -0.15) is 0 Å². The second-order valence-corrected chi connectivity index (χ2v) is 20.0. The first kappa shape index (κ1) is 43.6. The van der Waals surface area contributed by atoms with Gasteiger partial charge < -0.3 is 9.80 Å². The molecule has 354 valence electrons. The first-order valence-electron chi connectivity index (χ1n) is 26.2. The molecule has 0 saturated heterocycles. The van der Waals surface area contributed by atoms with Crippen LogP contribution in [0.15, 0.2) is 291 Å². The van der Waals surface area contributed by atoms with Gasteiger partial charge in [0, 0.05) is 34.1 Å². The maximum absolute atomic E-state index is 2.47. The number of hydrogen-bond donors (Lipinski definition) is 0. The van der Waals surface area contributed by atoms with E-state index in [1.165, 1.54) is 108 Å².